The maximum atomic E-state index is 3.70. The molecule has 8 heavy (non-hydrogen) atoms. The average molecular weight is 111 g/mol. The second kappa shape index (κ2) is 6.74. The Hall–Kier alpha value is -0.260. The van der Waals surface area contributed by atoms with Gasteiger partial charge in [-0.05, 0) is 19.8 Å². The van der Waals surface area contributed by atoms with Crippen molar-refractivity contribution < 1.29 is 0 Å². The van der Waals surface area contributed by atoms with E-state index < -0.39 is 0 Å². The predicted octanol–water partition coefficient (Wildman–Crippen LogP) is 2.96. The van der Waals surface area contributed by atoms with Crippen molar-refractivity contribution in [2.24, 2.45) is 0 Å². The van der Waals surface area contributed by atoms with Gasteiger partial charge in [-0.1, -0.05) is 31.9 Å². The van der Waals surface area contributed by atoms with Gasteiger partial charge in [-0.2, -0.15) is 0 Å². The van der Waals surface area contributed by atoms with Crippen molar-refractivity contribution in [2.75, 3.05) is 0 Å². The van der Waals surface area contributed by atoms with Crippen molar-refractivity contribution in [3.8, 4) is 0 Å². The van der Waals surface area contributed by atoms with Crippen LogP contribution in [0.15, 0.2) is 12.2 Å². The largest absolute Gasteiger partial charge is 0.0885 e. The summed E-state index contributed by atoms with van der Waals surface area (Å²) in [7, 11) is 0. The van der Waals surface area contributed by atoms with E-state index >= 15 is 0 Å². The molecule has 0 saturated heterocycles. The summed E-state index contributed by atoms with van der Waals surface area (Å²) in [6.45, 7) is 5.90. The second-order valence-corrected chi connectivity index (χ2v) is 1.90. The minimum atomic E-state index is 0.934. The molecule has 0 aromatic rings. The lowest BCUT2D eigenvalue weighted by atomic mass is 10.2. The molecule has 47 valence electrons. The Morgan fingerprint density at radius 2 is 2.12 bits per heavy atom. The highest BCUT2D eigenvalue weighted by molar-refractivity contribution is 4.81. The fourth-order valence-corrected chi connectivity index (χ4v) is 0.558. The molecule has 0 atom stereocenters. The van der Waals surface area contributed by atoms with Crippen LogP contribution in [0.2, 0.25) is 0 Å². The molecule has 0 aliphatic heterocycles. The maximum absolute atomic E-state index is 3.70. The molecule has 0 heteroatoms. The quantitative estimate of drug-likeness (QED) is 0.386. The minimum Gasteiger partial charge on any atom is -0.0885 e. The third-order valence-electron chi connectivity index (χ3n) is 1.06. The van der Waals surface area contributed by atoms with Crippen LogP contribution in [0, 0.1) is 6.92 Å². The van der Waals surface area contributed by atoms with Gasteiger partial charge in [0.05, 0.1) is 0 Å². The Balaban J connectivity index is 2.80. The van der Waals surface area contributed by atoms with Crippen molar-refractivity contribution in [1.29, 1.82) is 0 Å². The van der Waals surface area contributed by atoms with Crippen LogP contribution in [0.3, 0.4) is 0 Å². The molecule has 0 saturated carbocycles. The van der Waals surface area contributed by atoms with E-state index in [1.54, 1.807) is 0 Å². The van der Waals surface area contributed by atoms with Gasteiger partial charge in [-0.25, -0.2) is 0 Å². The van der Waals surface area contributed by atoms with Crippen molar-refractivity contribution in [3.63, 3.8) is 0 Å². The van der Waals surface area contributed by atoms with E-state index in [-0.39, 0.29) is 0 Å². The molecular formula is C8H15. The van der Waals surface area contributed by atoms with Gasteiger partial charge in [0.25, 0.3) is 0 Å². The molecule has 0 bridgehead atoms. The number of allylic oxidation sites excluding steroid dienone is 2. The van der Waals surface area contributed by atoms with E-state index in [4.69, 9.17) is 0 Å². The molecule has 0 fully saturated rings. The Morgan fingerprint density at radius 3 is 2.62 bits per heavy atom. The normalized spacial score (nSPS) is 10.8. The summed E-state index contributed by atoms with van der Waals surface area (Å²) in [6.07, 6.45) is 9.10. The van der Waals surface area contributed by atoms with Gasteiger partial charge in [0.15, 0.2) is 0 Å². The smallest absolute Gasteiger partial charge is 0.0351 e. The van der Waals surface area contributed by atoms with Gasteiger partial charge in [-0.3, -0.25) is 0 Å². The molecule has 0 heterocycles. The van der Waals surface area contributed by atoms with Gasteiger partial charge >= 0.3 is 0 Å². The topological polar surface area (TPSA) is 0 Å². The van der Waals surface area contributed by atoms with Crippen LogP contribution in [0.25, 0.3) is 0 Å². The Bertz CT molecular complexity index is 53.1. The Morgan fingerprint density at radius 1 is 1.38 bits per heavy atom. The molecule has 0 aromatic heterocycles. The highest BCUT2D eigenvalue weighted by Crippen LogP contribution is 1.94. The molecule has 0 spiro atoms. The van der Waals surface area contributed by atoms with Gasteiger partial charge in [0.1, 0.15) is 0 Å². The molecule has 0 aromatic carbocycles. The standard InChI is InChI=1S/C8H15/c1-3-5-7-8-6-4-2/h5,7H,1,3-4,6,8H2,2H3/b7-5+. The van der Waals surface area contributed by atoms with Gasteiger partial charge in [0, 0.05) is 0 Å². The molecule has 0 aliphatic rings. The van der Waals surface area contributed by atoms with Crippen molar-refractivity contribution in [1.82, 2.24) is 0 Å². The van der Waals surface area contributed by atoms with Crippen LogP contribution >= 0.6 is 0 Å². The molecule has 0 N–H and O–H groups in total. The van der Waals surface area contributed by atoms with E-state index in [1.165, 1.54) is 19.3 Å². The molecule has 0 unspecified atom stereocenters. The third-order valence-corrected chi connectivity index (χ3v) is 1.06. The van der Waals surface area contributed by atoms with E-state index in [0.29, 0.717) is 0 Å². The molecule has 0 rings (SSSR count). The maximum Gasteiger partial charge on any atom is -0.0351 e. The minimum absolute atomic E-state index is 0.934. The van der Waals surface area contributed by atoms with E-state index in [1.807, 2.05) is 0 Å². The number of hydrogen-bond donors (Lipinski definition) is 0. The number of rotatable bonds is 4. The summed E-state index contributed by atoms with van der Waals surface area (Å²) in [4.78, 5) is 0. The predicted molar refractivity (Wildman–Crippen MR) is 38.6 cm³/mol. The van der Waals surface area contributed by atoms with Crippen LogP contribution in [0.5, 0.6) is 0 Å². The van der Waals surface area contributed by atoms with Gasteiger partial charge in [0.2, 0.25) is 0 Å². The molecule has 0 nitrogen and oxygen atoms in total. The average Bonchev–Trinajstić information content (AvgIpc) is 1.81. The first kappa shape index (κ1) is 7.74. The summed E-state index contributed by atoms with van der Waals surface area (Å²) in [6, 6.07) is 0. The number of hydrogen-bond acceptors (Lipinski definition) is 0. The lowest BCUT2D eigenvalue weighted by molar-refractivity contribution is 0.813. The molecular weight excluding hydrogens is 96.1 g/mol. The van der Waals surface area contributed by atoms with E-state index in [2.05, 4.69) is 26.0 Å². The summed E-state index contributed by atoms with van der Waals surface area (Å²) < 4.78 is 0. The first-order valence-electron chi connectivity index (χ1n) is 3.36. The zero-order valence-electron chi connectivity index (χ0n) is 5.69. The van der Waals surface area contributed by atoms with Crippen LogP contribution in [-0.4, -0.2) is 0 Å². The zero-order chi connectivity index (χ0) is 6.24. The lowest BCUT2D eigenvalue weighted by Crippen LogP contribution is -1.65. The highest BCUT2D eigenvalue weighted by atomic mass is 13.8. The Kier molecular flexibility index (Phi) is 6.52. The molecule has 1 radical (unpaired) electrons. The second-order valence-electron chi connectivity index (χ2n) is 1.90. The van der Waals surface area contributed by atoms with Crippen LogP contribution < -0.4 is 0 Å². The first-order valence-corrected chi connectivity index (χ1v) is 3.36. The van der Waals surface area contributed by atoms with Gasteiger partial charge < -0.3 is 0 Å². The van der Waals surface area contributed by atoms with E-state index in [0.717, 1.165) is 6.42 Å². The number of unbranched alkanes of at least 4 members (excludes halogenated alkanes) is 2. The van der Waals surface area contributed by atoms with Crippen LogP contribution in [0.4, 0.5) is 0 Å². The fraction of sp³-hybridized carbons (Fsp3) is 0.625. The summed E-state index contributed by atoms with van der Waals surface area (Å²) >= 11 is 0. The fourth-order valence-electron chi connectivity index (χ4n) is 0.558. The summed E-state index contributed by atoms with van der Waals surface area (Å²) in [5.41, 5.74) is 0. The van der Waals surface area contributed by atoms with Crippen molar-refractivity contribution in [2.45, 2.75) is 32.6 Å². The SMILES string of the molecule is [CH2]C/C=C/CCCC. The highest BCUT2D eigenvalue weighted by Gasteiger charge is 1.74. The Labute approximate surface area is 52.6 Å². The van der Waals surface area contributed by atoms with Crippen LogP contribution in [-0.2, 0) is 0 Å². The molecule has 0 aliphatic carbocycles. The summed E-state index contributed by atoms with van der Waals surface area (Å²) in [5, 5.41) is 0. The summed E-state index contributed by atoms with van der Waals surface area (Å²) in [5.74, 6) is 0. The van der Waals surface area contributed by atoms with Crippen LogP contribution in [0.1, 0.15) is 32.6 Å². The first-order chi connectivity index (χ1) is 3.91. The lowest BCUT2D eigenvalue weighted by Gasteiger charge is -1.85. The monoisotopic (exact) mass is 111 g/mol. The van der Waals surface area contributed by atoms with Crippen molar-refractivity contribution >= 4 is 0 Å². The van der Waals surface area contributed by atoms with Crippen molar-refractivity contribution in [3.05, 3.63) is 19.1 Å². The van der Waals surface area contributed by atoms with Gasteiger partial charge in [-0.15, -0.1) is 0 Å². The zero-order valence-corrected chi connectivity index (χ0v) is 5.69. The molecule has 0 amide bonds. The van der Waals surface area contributed by atoms with E-state index in [9.17, 15) is 0 Å². The third kappa shape index (κ3) is 5.74.